The number of halogens is 1. The summed E-state index contributed by atoms with van der Waals surface area (Å²) in [5.74, 6) is 0.0406. The van der Waals surface area contributed by atoms with E-state index in [1.807, 2.05) is 0 Å². The number of rotatable bonds is 4. The zero-order valence-electron chi connectivity index (χ0n) is 8.63. The quantitative estimate of drug-likeness (QED) is 0.759. The summed E-state index contributed by atoms with van der Waals surface area (Å²) in [6.07, 6.45) is 1.91. The Morgan fingerprint density at radius 2 is 2.27 bits per heavy atom. The molecule has 0 saturated heterocycles. The van der Waals surface area contributed by atoms with E-state index in [4.69, 9.17) is 4.74 Å². The van der Waals surface area contributed by atoms with Gasteiger partial charge in [-0.15, -0.1) is 0 Å². The molecule has 1 aliphatic carbocycles. The Kier molecular flexibility index (Phi) is 2.71. The Morgan fingerprint density at radius 1 is 1.53 bits per heavy atom. The van der Waals surface area contributed by atoms with E-state index in [-0.39, 0.29) is 29.9 Å². The molecule has 15 heavy (non-hydrogen) atoms. The van der Waals surface area contributed by atoms with E-state index < -0.39 is 0 Å². The highest BCUT2D eigenvalue weighted by atomic mass is 19.1. The Bertz CT molecular complexity index is 383. The normalized spacial score (nSPS) is 15.1. The van der Waals surface area contributed by atoms with Gasteiger partial charge in [0.05, 0.1) is 0 Å². The lowest BCUT2D eigenvalue weighted by Gasteiger charge is -2.07. The van der Waals surface area contributed by atoms with Crippen molar-refractivity contribution in [1.29, 1.82) is 0 Å². The van der Waals surface area contributed by atoms with Crippen molar-refractivity contribution in [1.82, 2.24) is 0 Å². The average Bonchev–Trinajstić information content (AvgIpc) is 3.03. The van der Waals surface area contributed by atoms with Crippen LogP contribution in [0.1, 0.15) is 18.4 Å². The number of benzene rings is 1. The standard InChI is InChI=1S/C12H13FO2/c1-8-3-2-4-11(12(8)13)15-7-10(14)9-5-6-9/h2-4,9H,5-7H2,1H3. The van der Waals surface area contributed by atoms with E-state index in [0.717, 1.165) is 12.8 Å². The molecule has 0 aromatic heterocycles. The van der Waals surface area contributed by atoms with Crippen molar-refractivity contribution < 1.29 is 13.9 Å². The Labute approximate surface area is 88.1 Å². The smallest absolute Gasteiger partial charge is 0.173 e. The van der Waals surface area contributed by atoms with Crippen LogP contribution in [-0.4, -0.2) is 12.4 Å². The van der Waals surface area contributed by atoms with Crippen LogP contribution >= 0.6 is 0 Å². The van der Waals surface area contributed by atoms with Crippen LogP contribution in [0.4, 0.5) is 4.39 Å². The van der Waals surface area contributed by atoms with Gasteiger partial charge in [-0.2, -0.15) is 0 Å². The molecule has 0 spiro atoms. The predicted molar refractivity (Wildman–Crippen MR) is 54.4 cm³/mol. The van der Waals surface area contributed by atoms with Gasteiger partial charge in [-0.25, -0.2) is 4.39 Å². The van der Waals surface area contributed by atoms with E-state index in [2.05, 4.69) is 0 Å². The number of carbonyl (C=O) groups is 1. The molecule has 1 aromatic carbocycles. The first-order valence-electron chi connectivity index (χ1n) is 5.09. The molecule has 1 saturated carbocycles. The molecule has 0 heterocycles. The molecule has 3 heteroatoms. The molecule has 1 fully saturated rings. The summed E-state index contributed by atoms with van der Waals surface area (Å²) in [7, 11) is 0. The van der Waals surface area contributed by atoms with Gasteiger partial charge >= 0.3 is 0 Å². The van der Waals surface area contributed by atoms with Crippen LogP contribution in [0.2, 0.25) is 0 Å². The second-order valence-electron chi connectivity index (χ2n) is 3.92. The second kappa shape index (κ2) is 4.01. The van der Waals surface area contributed by atoms with Crippen LogP contribution in [0.15, 0.2) is 18.2 Å². The number of ether oxygens (including phenoxy) is 1. The van der Waals surface area contributed by atoms with Crippen molar-refractivity contribution in [3.8, 4) is 5.75 Å². The average molecular weight is 208 g/mol. The lowest BCUT2D eigenvalue weighted by molar-refractivity contribution is -0.122. The molecule has 2 rings (SSSR count). The first-order valence-corrected chi connectivity index (χ1v) is 5.09. The van der Waals surface area contributed by atoms with Gasteiger partial charge in [0, 0.05) is 5.92 Å². The highest BCUT2D eigenvalue weighted by Crippen LogP contribution is 2.30. The topological polar surface area (TPSA) is 26.3 Å². The van der Waals surface area contributed by atoms with Crippen molar-refractivity contribution in [3.05, 3.63) is 29.6 Å². The van der Waals surface area contributed by atoms with Gasteiger partial charge < -0.3 is 4.74 Å². The van der Waals surface area contributed by atoms with Gasteiger partial charge in [0.2, 0.25) is 0 Å². The molecule has 80 valence electrons. The third kappa shape index (κ3) is 2.35. The molecular weight excluding hydrogens is 195 g/mol. The maximum atomic E-state index is 13.4. The van der Waals surface area contributed by atoms with E-state index in [0.29, 0.717) is 5.56 Å². The third-order valence-electron chi connectivity index (χ3n) is 2.56. The number of carbonyl (C=O) groups excluding carboxylic acids is 1. The monoisotopic (exact) mass is 208 g/mol. The maximum absolute atomic E-state index is 13.4. The minimum absolute atomic E-state index is 0.00889. The largest absolute Gasteiger partial charge is 0.483 e. The SMILES string of the molecule is Cc1cccc(OCC(=O)C2CC2)c1F. The van der Waals surface area contributed by atoms with E-state index in [1.54, 1.807) is 25.1 Å². The summed E-state index contributed by atoms with van der Waals surface area (Å²) in [5.41, 5.74) is 0.534. The summed E-state index contributed by atoms with van der Waals surface area (Å²) in [6, 6.07) is 4.93. The molecule has 0 N–H and O–H groups in total. The van der Waals surface area contributed by atoms with Crippen molar-refractivity contribution in [2.45, 2.75) is 19.8 Å². The fourth-order valence-electron chi connectivity index (χ4n) is 1.40. The minimum atomic E-state index is -0.374. The number of Topliss-reactive ketones (excluding diaryl/α,β-unsaturated/α-hetero) is 1. The second-order valence-corrected chi connectivity index (χ2v) is 3.92. The van der Waals surface area contributed by atoms with E-state index >= 15 is 0 Å². The zero-order valence-corrected chi connectivity index (χ0v) is 8.63. The summed E-state index contributed by atoms with van der Waals surface area (Å²) in [6.45, 7) is 1.66. The number of aryl methyl sites for hydroxylation is 1. The molecular formula is C12H13FO2. The first-order chi connectivity index (χ1) is 7.18. The fraction of sp³-hybridized carbons (Fsp3) is 0.417. The van der Waals surface area contributed by atoms with Gasteiger partial charge in [0.1, 0.15) is 6.61 Å². The number of hydrogen-bond donors (Lipinski definition) is 0. The number of hydrogen-bond acceptors (Lipinski definition) is 2. The van der Waals surface area contributed by atoms with Crippen LogP contribution in [0.3, 0.4) is 0 Å². The van der Waals surface area contributed by atoms with Crippen molar-refractivity contribution >= 4 is 5.78 Å². The highest BCUT2D eigenvalue weighted by molar-refractivity contribution is 5.84. The van der Waals surface area contributed by atoms with Gasteiger partial charge in [0.25, 0.3) is 0 Å². The Hall–Kier alpha value is -1.38. The van der Waals surface area contributed by atoms with Crippen LogP contribution < -0.4 is 4.74 Å². The summed E-state index contributed by atoms with van der Waals surface area (Å²) in [5, 5.41) is 0. The molecule has 0 radical (unpaired) electrons. The lowest BCUT2D eigenvalue weighted by Crippen LogP contribution is -2.13. The van der Waals surface area contributed by atoms with Gasteiger partial charge in [0.15, 0.2) is 17.3 Å². The van der Waals surface area contributed by atoms with Crippen LogP contribution in [0, 0.1) is 18.7 Å². The molecule has 1 aliphatic rings. The van der Waals surface area contributed by atoms with E-state index in [1.165, 1.54) is 0 Å². The van der Waals surface area contributed by atoms with Crippen LogP contribution in [0.5, 0.6) is 5.75 Å². The van der Waals surface area contributed by atoms with Crippen molar-refractivity contribution in [2.75, 3.05) is 6.61 Å². The maximum Gasteiger partial charge on any atom is 0.173 e. The summed E-state index contributed by atoms with van der Waals surface area (Å²) in [4.78, 5) is 11.3. The van der Waals surface area contributed by atoms with Crippen LogP contribution in [0.25, 0.3) is 0 Å². The third-order valence-corrected chi connectivity index (χ3v) is 2.56. The van der Waals surface area contributed by atoms with Crippen LogP contribution in [-0.2, 0) is 4.79 Å². The van der Waals surface area contributed by atoms with Gasteiger partial charge in [-0.3, -0.25) is 4.79 Å². The fourth-order valence-corrected chi connectivity index (χ4v) is 1.40. The molecule has 1 aromatic rings. The molecule has 0 atom stereocenters. The van der Waals surface area contributed by atoms with Gasteiger partial charge in [-0.1, -0.05) is 12.1 Å². The molecule has 2 nitrogen and oxygen atoms in total. The summed E-state index contributed by atoms with van der Waals surface area (Å²) >= 11 is 0. The zero-order chi connectivity index (χ0) is 10.8. The van der Waals surface area contributed by atoms with Crippen molar-refractivity contribution in [3.63, 3.8) is 0 Å². The Morgan fingerprint density at radius 3 is 2.93 bits per heavy atom. The lowest BCUT2D eigenvalue weighted by atomic mass is 10.2. The van der Waals surface area contributed by atoms with Crippen molar-refractivity contribution in [2.24, 2.45) is 5.92 Å². The Balaban J connectivity index is 1.98. The molecule has 0 amide bonds. The van der Waals surface area contributed by atoms with Gasteiger partial charge in [-0.05, 0) is 31.4 Å². The molecule has 0 aliphatic heterocycles. The highest BCUT2D eigenvalue weighted by Gasteiger charge is 2.29. The molecule has 0 unspecified atom stereocenters. The summed E-state index contributed by atoms with van der Waals surface area (Å²) < 4.78 is 18.6. The predicted octanol–water partition coefficient (Wildman–Crippen LogP) is 2.49. The molecule has 0 bridgehead atoms. The number of ketones is 1. The van der Waals surface area contributed by atoms with E-state index in [9.17, 15) is 9.18 Å². The minimum Gasteiger partial charge on any atom is -0.483 e. The first kappa shape index (κ1) is 10.1.